The maximum Gasteiger partial charge on any atom is 0.267 e. The highest BCUT2D eigenvalue weighted by atomic mass is 16.1. The summed E-state index contributed by atoms with van der Waals surface area (Å²) in [5.41, 5.74) is 3.88. The van der Waals surface area contributed by atoms with Crippen molar-refractivity contribution in [3.05, 3.63) is 47.0 Å². The van der Waals surface area contributed by atoms with Crippen molar-refractivity contribution in [2.75, 3.05) is 18.0 Å². The van der Waals surface area contributed by atoms with E-state index in [0.717, 1.165) is 29.9 Å². The van der Waals surface area contributed by atoms with Gasteiger partial charge in [0, 0.05) is 36.6 Å². The average Bonchev–Trinajstić information content (AvgIpc) is 3.24. The van der Waals surface area contributed by atoms with Gasteiger partial charge >= 0.3 is 0 Å². The van der Waals surface area contributed by atoms with Crippen LogP contribution in [0.15, 0.2) is 41.5 Å². The zero-order chi connectivity index (χ0) is 16.7. The van der Waals surface area contributed by atoms with Crippen molar-refractivity contribution in [1.29, 1.82) is 0 Å². The van der Waals surface area contributed by atoms with Crippen molar-refractivity contribution in [3.63, 3.8) is 0 Å². The molecule has 0 N–H and O–H groups in total. The summed E-state index contributed by atoms with van der Waals surface area (Å²) in [5.74, 6) is 0. The maximum absolute atomic E-state index is 11.9. The maximum atomic E-state index is 11.9. The third-order valence-corrected chi connectivity index (χ3v) is 4.57. The SMILES string of the molecule is CC(C)n1nc(-c2cnn3ccc(N4CCCC4)cc23)ccc1=O. The highest BCUT2D eigenvalue weighted by Crippen LogP contribution is 2.27. The van der Waals surface area contributed by atoms with Gasteiger partial charge in [0.15, 0.2) is 0 Å². The van der Waals surface area contributed by atoms with Gasteiger partial charge < -0.3 is 4.90 Å². The van der Waals surface area contributed by atoms with Crippen molar-refractivity contribution >= 4 is 11.2 Å². The van der Waals surface area contributed by atoms with E-state index >= 15 is 0 Å². The van der Waals surface area contributed by atoms with Gasteiger partial charge in [0.05, 0.1) is 23.4 Å². The highest BCUT2D eigenvalue weighted by molar-refractivity contribution is 5.79. The number of hydrogen-bond acceptors (Lipinski definition) is 4. The first kappa shape index (κ1) is 14.9. The van der Waals surface area contributed by atoms with Crippen LogP contribution in [0.3, 0.4) is 0 Å². The fraction of sp³-hybridized carbons (Fsp3) is 0.389. The number of anilines is 1. The molecule has 0 unspecified atom stereocenters. The zero-order valence-corrected chi connectivity index (χ0v) is 14.0. The van der Waals surface area contributed by atoms with Crippen LogP contribution in [0.25, 0.3) is 16.8 Å². The van der Waals surface area contributed by atoms with E-state index < -0.39 is 0 Å². The summed E-state index contributed by atoms with van der Waals surface area (Å²) < 4.78 is 3.38. The molecule has 3 aromatic rings. The average molecular weight is 323 g/mol. The molecule has 4 rings (SSSR count). The number of rotatable bonds is 3. The molecule has 0 spiro atoms. The van der Waals surface area contributed by atoms with E-state index in [1.807, 2.05) is 30.8 Å². The molecule has 0 radical (unpaired) electrons. The van der Waals surface area contributed by atoms with E-state index in [1.165, 1.54) is 23.2 Å². The molecule has 0 aliphatic carbocycles. The van der Waals surface area contributed by atoms with E-state index in [-0.39, 0.29) is 11.6 Å². The molecule has 124 valence electrons. The second-order valence-corrected chi connectivity index (χ2v) is 6.56. The summed E-state index contributed by atoms with van der Waals surface area (Å²) in [6.07, 6.45) is 6.31. The van der Waals surface area contributed by atoms with Crippen LogP contribution in [0.4, 0.5) is 5.69 Å². The molecule has 24 heavy (non-hydrogen) atoms. The number of pyridine rings is 1. The van der Waals surface area contributed by atoms with E-state index in [9.17, 15) is 4.79 Å². The van der Waals surface area contributed by atoms with Crippen molar-refractivity contribution in [3.8, 4) is 11.3 Å². The van der Waals surface area contributed by atoms with Gasteiger partial charge in [-0.2, -0.15) is 10.2 Å². The first-order valence-corrected chi connectivity index (χ1v) is 8.46. The van der Waals surface area contributed by atoms with Crippen LogP contribution >= 0.6 is 0 Å². The zero-order valence-electron chi connectivity index (χ0n) is 14.0. The van der Waals surface area contributed by atoms with Crippen LogP contribution in [-0.4, -0.2) is 32.5 Å². The van der Waals surface area contributed by atoms with E-state index in [4.69, 9.17) is 0 Å². The van der Waals surface area contributed by atoms with Gasteiger partial charge in [-0.3, -0.25) is 4.79 Å². The minimum atomic E-state index is -0.0806. The molecule has 1 aliphatic rings. The lowest BCUT2D eigenvalue weighted by Gasteiger charge is -2.17. The van der Waals surface area contributed by atoms with Crippen LogP contribution < -0.4 is 10.5 Å². The Morgan fingerprint density at radius 2 is 1.92 bits per heavy atom. The highest BCUT2D eigenvalue weighted by Gasteiger charge is 2.15. The predicted molar refractivity (Wildman–Crippen MR) is 94.5 cm³/mol. The fourth-order valence-electron chi connectivity index (χ4n) is 3.28. The van der Waals surface area contributed by atoms with Gasteiger partial charge in [0.1, 0.15) is 0 Å². The van der Waals surface area contributed by atoms with E-state index in [2.05, 4.69) is 27.2 Å². The molecule has 0 bridgehead atoms. The van der Waals surface area contributed by atoms with Gasteiger partial charge in [0.25, 0.3) is 5.56 Å². The molecule has 0 saturated carbocycles. The molecule has 3 aromatic heterocycles. The molecule has 1 aliphatic heterocycles. The van der Waals surface area contributed by atoms with E-state index in [1.54, 1.807) is 12.1 Å². The molecular formula is C18H21N5O. The van der Waals surface area contributed by atoms with Crippen LogP contribution in [0.1, 0.15) is 32.7 Å². The molecular weight excluding hydrogens is 302 g/mol. The van der Waals surface area contributed by atoms with Gasteiger partial charge in [0.2, 0.25) is 0 Å². The Hall–Kier alpha value is -2.63. The normalized spacial score (nSPS) is 14.9. The number of fused-ring (bicyclic) bond motifs is 1. The second kappa shape index (κ2) is 5.78. The van der Waals surface area contributed by atoms with Crippen LogP contribution in [0.2, 0.25) is 0 Å². The molecule has 4 heterocycles. The summed E-state index contributed by atoms with van der Waals surface area (Å²) in [7, 11) is 0. The van der Waals surface area contributed by atoms with Crippen molar-refractivity contribution < 1.29 is 0 Å². The van der Waals surface area contributed by atoms with Crippen LogP contribution in [0, 0.1) is 0 Å². The first-order valence-electron chi connectivity index (χ1n) is 8.46. The van der Waals surface area contributed by atoms with Crippen molar-refractivity contribution in [2.45, 2.75) is 32.7 Å². The molecule has 1 fully saturated rings. The van der Waals surface area contributed by atoms with Crippen LogP contribution in [-0.2, 0) is 0 Å². The Morgan fingerprint density at radius 3 is 2.67 bits per heavy atom. The smallest absolute Gasteiger partial charge is 0.267 e. The topological polar surface area (TPSA) is 55.4 Å². The molecule has 1 saturated heterocycles. The fourth-order valence-corrected chi connectivity index (χ4v) is 3.28. The monoisotopic (exact) mass is 323 g/mol. The van der Waals surface area contributed by atoms with Gasteiger partial charge in [-0.05, 0) is 44.9 Å². The van der Waals surface area contributed by atoms with Crippen LogP contribution in [0.5, 0.6) is 0 Å². The third-order valence-electron chi connectivity index (χ3n) is 4.57. The summed E-state index contributed by atoms with van der Waals surface area (Å²) in [6, 6.07) is 7.66. The predicted octanol–water partition coefficient (Wildman–Crippen LogP) is 2.74. The van der Waals surface area contributed by atoms with Gasteiger partial charge in [-0.1, -0.05) is 0 Å². The summed E-state index contributed by atoms with van der Waals surface area (Å²) >= 11 is 0. The van der Waals surface area contributed by atoms with Crippen molar-refractivity contribution in [2.24, 2.45) is 0 Å². The molecule has 0 aromatic carbocycles. The Labute approximate surface area is 140 Å². The lowest BCUT2D eigenvalue weighted by molar-refractivity contribution is 0.505. The standard InChI is InChI=1S/C18H21N5O/c1-13(2)23-18(24)6-5-16(20-23)15-12-19-22-10-7-14(11-17(15)22)21-8-3-4-9-21/h5-7,10-13H,3-4,8-9H2,1-2H3. The van der Waals surface area contributed by atoms with Gasteiger partial charge in [-0.25, -0.2) is 9.20 Å². The quantitative estimate of drug-likeness (QED) is 0.744. The number of aromatic nitrogens is 4. The lowest BCUT2D eigenvalue weighted by Crippen LogP contribution is -2.23. The molecule has 0 atom stereocenters. The molecule has 6 nitrogen and oxygen atoms in total. The largest absolute Gasteiger partial charge is 0.371 e. The Morgan fingerprint density at radius 1 is 1.12 bits per heavy atom. The Balaban J connectivity index is 1.83. The summed E-state index contributed by atoms with van der Waals surface area (Å²) in [6.45, 7) is 6.13. The van der Waals surface area contributed by atoms with Crippen molar-refractivity contribution in [1.82, 2.24) is 19.4 Å². The second-order valence-electron chi connectivity index (χ2n) is 6.56. The first-order chi connectivity index (χ1) is 11.6. The minimum Gasteiger partial charge on any atom is -0.371 e. The Kier molecular flexibility index (Phi) is 3.59. The third kappa shape index (κ3) is 2.48. The Bertz CT molecular complexity index is 934. The molecule has 0 amide bonds. The minimum absolute atomic E-state index is 0.0273. The van der Waals surface area contributed by atoms with E-state index in [0.29, 0.717) is 0 Å². The summed E-state index contributed by atoms with van der Waals surface area (Å²) in [5, 5.41) is 8.96. The lowest BCUT2D eigenvalue weighted by atomic mass is 10.2. The number of nitrogens with zero attached hydrogens (tertiary/aromatic N) is 5. The van der Waals surface area contributed by atoms with Gasteiger partial charge in [-0.15, -0.1) is 0 Å². The summed E-state index contributed by atoms with van der Waals surface area (Å²) in [4.78, 5) is 14.3. The molecule has 6 heteroatoms. The number of hydrogen-bond donors (Lipinski definition) is 0.